The molecule has 0 aromatic heterocycles. The third kappa shape index (κ3) is 3.65. The molecule has 2 rings (SSSR count). The van der Waals surface area contributed by atoms with Gasteiger partial charge in [0.2, 0.25) is 5.91 Å². The monoisotopic (exact) mass is 285 g/mol. The van der Waals surface area contributed by atoms with Crippen LogP contribution in [0.25, 0.3) is 0 Å². The lowest BCUT2D eigenvalue weighted by atomic mass is 10.0. The molecule has 2 aliphatic rings. The number of amides is 1. The quantitative estimate of drug-likeness (QED) is 0.813. The van der Waals surface area contributed by atoms with Gasteiger partial charge in [-0.2, -0.15) is 11.8 Å². The molecular formula is C14H23NO3S. The van der Waals surface area contributed by atoms with Gasteiger partial charge in [-0.25, -0.2) is 0 Å². The van der Waals surface area contributed by atoms with Crippen LogP contribution in [0.4, 0.5) is 0 Å². The number of rotatable bonds is 5. The topological polar surface area (TPSA) is 66.4 Å². The first-order chi connectivity index (χ1) is 9.11. The molecule has 2 N–H and O–H groups in total. The second-order valence-electron chi connectivity index (χ2n) is 5.58. The zero-order chi connectivity index (χ0) is 13.8. The summed E-state index contributed by atoms with van der Waals surface area (Å²) in [7, 11) is 0. The first-order valence-electron chi connectivity index (χ1n) is 7.26. The van der Waals surface area contributed by atoms with Gasteiger partial charge in [-0.15, -0.1) is 0 Å². The van der Waals surface area contributed by atoms with Gasteiger partial charge in [-0.1, -0.05) is 13.3 Å². The van der Waals surface area contributed by atoms with E-state index in [1.54, 1.807) is 0 Å². The zero-order valence-electron chi connectivity index (χ0n) is 11.4. The lowest BCUT2D eigenvalue weighted by Gasteiger charge is -2.22. The van der Waals surface area contributed by atoms with E-state index in [1.807, 2.05) is 11.8 Å². The van der Waals surface area contributed by atoms with Gasteiger partial charge in [0.1, 0.15) is 0 Å². The Balaban J connectivity index is 1.82. The lowest BCUT2D eigenvalue weighted by molar-refractivity contribution is -0.141. The predicted molar refractivity (Wildman–Crippen MR) is 76.2 cm³/mol. The first kappa shape index (κ1) is 14.7. The van der Waals surface area contributed by atoms with Crippen molar-refractivity contribution in [3.63, 3.8) is 0 Å². The molecule has 108 valence electrons. The van der Waals surface area contributed by atoms with Gasteiger partial charge in [-0.05, 0) is 37.9 Å². The Morgan fingerprint density at radius 3 is 2.58 bits per heavy atom. The van der Waals surface area contributed by atoms with Gasteiger partial charge in [0.05, 0.1) is 5.92 Å². The molecule has 0 aliphatic heterocycles. The van der Waals surface area contributed by atoms with Gasteiger partial charge in [0.15, 0.2) is 0 Å². The summed E-state index contributed by atoms with van der Waals surface area (Å²) in [5.74, 6) is 0.00344. The standard InChI is InChI=1S/C14H23NO3S/c1-2-19-12-5-3-4-11(12)15-13(16)9-6-7-10(8-9)14(17)18/h9-12H,2-8H2,1H3,(H,15,16)(H,17,18). The largest absolute Gasteiger partial charge is 0.481 e. The summed E-state index contributed by atoms with van der Waals surface area (Å²) < 4.78 is 0. The van der Waals surface area contributed by atoms with Crippen molar-refractivity contribution in [3.05, 3.63) is 0 Å². The Hall–Kier alpha value is -0.710. The van der Waals surface area contributed by atoms with Gasteiger partial charge < -0.3 is 10.4 Å². The molecule has 4 atom stereocenters. The number of aliphatic carboxylic acids is 1. The summed E-state index contributed by atoms with van der Waals surface area (Å²) in [6.45, 7) is 2.15. The summed E-state index contributed by atoms with van der Waals surface area (Å²) in [4.78, 5) is 23.1. The number of carboxylic acid groups (broad SMARTS) is 1. The number of hydrogen-bond donors (Lipinski definition) is 2. The van der Waals surface area contributed by atoms with E-state index in [0.717, 1.165) is 18.6 Å². The van der Waals surface area contributed by atoms with E-state index in [0.29, 0.717) is 24.1 Å². The third-order valence-corrected chi connectivity index (χ3v) is 5.64. The molecule has 0 spiro atoms. The smallest absolute Gasteiger partial charge is 0.306 e. The minimum atomic E-state index is -0.754. The molecule has 0 bridgehead atoms. The third-order valence-electron chi connectivity index (χ3n) is 4.31. The molecule has 4 nitrogen and oxygen atoms in total. The molecule has 4 unspecified atom stereocenters. The number of carbonyl (C=O) groups excluding carboxylic acids is 1. The van der Waals surface area contributed by atoms with E-state index < -0.39 is 5.97 Å². The number of hydrogen-bond acceptors (Lipinski definition) is 3. The maximum atomic E-state index is 12.2. The highest BCUT2D eigenvalue weighted by atomic mass is 32.2. The van der Waals surface area contributed by atoms with Crippen molar-refractivity contribution in [2.75, 3.05) is 5.75 Å². The van der Waals surface area contributed by atoms with Crippen LogP contribution in [-0.2, 0) is 9.59 Å². The number of nitrogens with one attached hydrogen (secondary N) is 1. The van der Waals surface area contributed by atoms with E-state index in [1.165, 1.54) is 12.8 Å². The maximum Gasteiger partial charge on any atom is 0.306 e. The van der Waals surface area contributed by atoms with E-state index in [9.17, 15) is 9.59 Å². The molecule has 0 heterocycles. The van der Waals surface area contributed by atoms with Crippen molar-refractivity contribution in [1.82, 2.24) is 5.32 Å². The van der Waals surface area contributed by atoms with Crippen molar-refractivity contribution in [2.45, 2.75) is 56.7 Å². The van der Waals surface area contributed by atoms with Crippen molar-refractivity contribution >= 4 is 23.6 Å². The fraction of sp³-hybridized carbons (Fsp3) is 0.857. The van der Waals surface area contributed by atoms with Gasteiger partial charge >= 0.3 is 5.97 Å². The van der Waals surface area contributed by atoms with Crippen LogP contribution in [0.15, 0.2) is 0 Å². The van der Waals surface area contributed by atoms with Crippen molar-refractivity contribution in [1.29, 1.82) is 0 Å². The highest BCUT2D eigenvalue weighted by molar-refractivity contribution is 7.99. The van der Waals surface area contributed by atoms with Crippen LogP contribution in [0.1, 0.15) is 45.4 Å². The van der Waals surface area contributed by atoms with Gasteiger partial charge in [0, 0.05) is 17.2 Å². The molecular weight excluding hydrogens is 262 g/mol. The van der Waals surface area contributed by atoms with Gasteiger partial charge in [-0.3, -0.25) is 9.59 Å². The van der Waals surface area contributed by atoms with Crippen LogP contribution in [0.2, 0.25) is 0 Å². The minimum absolute atomic E-state index is 0.0809. The normalized spacial score (nSPS) is 34.4. The number of carboxylic acids is 1. The predicted octanol–water partition coefficient (Wildman–Crippen LogP) is 2.28. The summed E-state index contributed by atoms with van der Waals surface area (Å²) >= 11 is 1.93. The molecule has 0 aromatic carbocycles. The second-order valence-corrected chi connectivity index (χ2v) is 7.10. The van der Waals surface area contributed by atoms with Crippen LogP contribution in [0.3, 0.4) is 0 Å². The Morgan fingerprint density at radius 2 is 1.95 bits per heavy atom. The molecule has 0 saturated heterocycles. The Bertz CT molecular complexity index is 348. The second kappa shape index (κ2) is 6.64. The lowest BCUT2D eigenvalue weighted by Crippen LogP contribution is -2.41. The van der Waals surface area contributed by atoms with E-state index >= 15 is 0 Å². The molecule has 2 saturated carbocycles. The van der Waals surface area contributed by atoms with Gasteiger partial charge in [0.25, 0.3) is 0 Å². The summed E-state index contributed by atoms with van der Waals surface area (Å²) in [6, 6.07) is 0.293. The summed E-state index contributed by atoms with van der Waals surface area (Å²) in [6.07, 6.45) is 5.32. The fourth-order valence-corrected chi connectivity index (χ4v) is 4.45. The average Bonchev–Trinajstić information content (AvgIpc) is 2.99. The molecule has 0 aromatic rings. The van der Waals surface area contributed by atoms with Crippen LogP contribution in [0, 0.1) is 11.8 Å². The Morgan fingerprint density at radius 1 is 1.21 bits per heavy atom. The number of thioether (sulfide) groups is 1. The van der Waals surface area contributed by atoms with Crippen LogP contribution in [0.5, 0.6) is 0 Å². The van der Waals surface area contributed by atoms with Crippen molar-refractivity contribution in [3.8, 4) is 0 Å². The molecule has 2 aliphatic carbocycles. The molecule has 19 heavy (non-hydrogen) atoms. The van der Waals surface area contributed by atoms with Crippen molar-refractivity contribution < 1.29 is 14.7 Å². The van der Waals surface area contributed by atoms with Crippen LogP contribution >= 0.6 is 11.8 Å². The molecule has 1 amide bonds. The Kier molecular flexibility index (Phi) is 5.13. The zero-order valence-corrected chi connectivity index (χ0v) is 12.2. The van der Waals surface area contributed by atoms with Crippen molar-refractivity contribution in [2.24, 2.45) is 11.8 Å². The minimum Gasteiger partial charge on any atom is -0.481 e. The molecule has 2 fully saturated rings. The Labute approximate surface area is 118 Å². The average molecular weight is 285 g/mol. The molecule has 0 radical (unpaired) electrons. The summed E-state index contributed by atoms with van der Waals surface area (Å²) in [5.41, 5.74) is 0. The molecule has 5 heteroatoms. The van der Waals surface area contributed by atoms with E-state index in [4.69, 9.17) is 5.11 Å². The highest BCUT2D eigenvalue weighted by Gasteiger charge is 2.36. The summed E-state index contributed by atoms with van der Waals surface area (Å²) in [5, 5.41) is 12.7. The number of carbonyl (C=O) groups is 2. The maximum absolute atomic E-state index is 12.2. The van der Waals surface area contributed by atoms with E-state index in [2.05, 4.69) is 12.2 Å². The van der Waals surface area contributed by atoms with E-state index in [-0.39, 0.29) is 17.7 Å². The highest BCUT2D eigenvalue weighted by Crippen LogP contribution is 2.33. The van der Waals surface area contributed by atoms with Crippen LogP contribution in [-0.4, -0.2) is 34.0 Å². The first-order valence-corrected chi connectivity index (χ1v) is 8.31. The van der Waals surface area contributed by atoms with Crippen LogP contribution < -0.4 is 5.32 Å². The SMILES string of the molecule is CCSC1CCCC1NC(=O)C1CCC(C(=O)O)C1. The fourth-order valence-electron chi connectivity index (χ4n) is 3.25.